The van der Waals surface area contributed by atoms with E-state index >= 15 is 0 Å². The lowest BCUT2D eigenvalue weighted by Crippen LogP contribution is -2.53. The first kappa shape index (κ1) is 11.6. The number of fused-ring (bicyclic) bond motifs is 4. The standard InChI is InChI=1S/C16H21NO2/c17-16-6-3-15(4-7-16,5-8-16)12-1-2-13-14(11-12)19-10-9-18-13/h1-2,11H,3-10,17H2. The number of hydrogen-bond acceptors (Lipinski definition) is 3. The summed E-state index contributed by atoms with van der Waals surface area (Å²) in [6, 6.07) is 6.53. The van der Waals surface area contributed by atoms with Gasteiger partial charge in [0.25, 0.3) is 0 Å². The van der Waals surface area contributed by atoms with Crippen LogP contribution in [0.15, 0.2) is 18.2 Å². The molecule has 4 aliphatic rings. The second kappa shape index (κ2) is 3.89. The fourth-order valence-corrected chi connectivity index (χ4v) is 4.02. The Morgan fingerprint density at radius 1 is 0.842 bits per heavy atom. The van der Waals surface area contributed by atoms with Crippen molar-refractivity contribution in [2.24, 2.45) is 5.73 Å². The van der Waals surface area contributed by atoms with Crippen LogP contribution >= 0.6 is 0 Å². The Hall–Kier alpha value is -1.22. The third kappa shape index (κ3) is 1.75. The van der Waals surface area contributed by atoms with Crippen LogP contribution in [0.3, 0.4) is 0 Å². The topological polar surface area (TPSA) is 44.5 Å². The van der Waals surface area contributed by atoms with Crippen LogP contribution in [0.25, 0.3) is 0 Å². The highest BCUT2D eigenvalue weighted by molar-refractivity contribution is 5.46. The molecule has 3 heteroatoms. The molecule has 3 saturated carbocycles. The van der Waals surface area contributed by atoms with Crippen molar-refractivity contribution in [2.75, 3.05) is 13.2 Å². The molecular formula is C16H21NO2. The third-order valence-electron chi connectivity index (χ3n) is 5.46. The van der Waals surface area contributed by atoms with Gasteiger partial charge in [0.15, 0.2) is 11.5 Å². The smallest absolute Gasteiger partial charge is 0.161 e. The average Bonchev–Trinajstić information content (AvgIpc) is 2.48. The van der Waals surface area contributed by atoms with Gasteiger partial charge in [-0.1, -0.05) is 6.07 Å². The predicted octanol–water partition coefficient (Wildman–Crippen LogP) is 2.76. The van der Waals surface area contributed by atoms with E-state index < -0.39 is 0 Å². The molecule has 5 rings (SSSR count). The summed E-state index contributed by atoms with van der Waals surface area (Å²) in [5.74, 6) is 1.82. The summed E-state index contributed by atoms with van der Waals surface area (Å²) in [6.07, 6.45) is 7.18. The minimum absolute atomic E-state index is 0.134. The molecule has 3 nitrogen and oxygen atoms in total. The highest BCUT2D eigenvalue weighted by Gasteiger charge is 2.47. The van der Waals surface area contributed by atoms with Gasteiger partial charge in [-0.25, -0.2) is 0 Å². The minimum Gasteiger partial charge on any atom is -0.486 e. The van der Waals surface area contributed by atoms with E-state index in [0.29, 0.717) is 18.6 Å². The molecule has 0 saturated heterocycles. The maximum Gasteiger partial charge on any atom is 0.161 e. The van der Waals surface area contributed by atoms with E-state index in [2.05, 4.69) is 18.2 Å². The Balaban J connectivity index is 1.69. The van der Waals surface area contributed by atoms with Crippen molar-refractivity contribution in [1.82, 2.24) is 0 Å². The van der Waals surface area contributed by atoms with Gasteiger partial charge in [-0.15, -0.1) is 0 Å². The first-order valence-electron chi connectivity index (χ1n) is 7.38. The van der Waals surface area contributed by atoms with Crippen LogP contribution in [0.2, 0.25) is 0 Å². The van der Waals surface area contributed by atoms with Gasteiger partial charge >= 0.3 is 0 Å². The van der Waals surface area contributed by atoms with Gasteiger partial charge in [0.05, 0.1) is 0 Å². The molecule has 0 atom stereocenters. The zero-order valence-corrected chi connectivity index (χ0v) is 11.3. The number of rotatable bonds is 1. The van der Waals surface area contributed by atoms with E-state index in [9.17, 15) is 0 Å². The second-order valence-corrected chi connectivity index (χ2v) is 6.50. The van der Waals surface area contributed by atoms with E-state index in [1.807, 2.05) is 0 Å². The number of nitrogens with two attached hydrogens (primary N) is 1. The molecule has 19 heavy (non-hydrogen) atoms. The molecule has 0 radical (unpaired) electrons. The summed E-state index contributed by atoms with van der Waals surface area (Å²) in [7, 11) is 0. The van der Waals surface area contributed by atoms with Crippen LogP contribution in [0, 0.1) is 0 Å². The van der Waals surface area contributed by atoms with Crippen molar-refractivity contribution in [1.29, 1.82) is 0 Å². The summed E-state index contributed by atoms with van der Waals surface area (Å²) in [5, 5.41) is 0. The van der Waals surface area contributed by atoms with Crippen LogP contribution in [0.5, 0.6) is 11.5 Å². The summed E-state index contributed by atoms with van der Waals surface area (Å²) >= 11 is 0. The first-order valence-corrected chi connectivity index (χ1v) is 7.38. The van der Waals surface area contributed by atoms with Crippen LogP contribution in [0.1, 0.15) is 44.1 Å². The summed E-state index contributed by atoms with van der Waals surface area (Å²) in [6.45, 7) is 1.32. The molecule has 1 aliphatic heterocycles. The summed E-state index contributed by atoms with van der Waals surface area (Å²) < 4.78 is 11.3. The van der Waals surface area contributed by atoms with Crippen LogP contribution < -0.4 is 15.2 Å². The fourth-order valence-electron chi connectivity index (χ4n) is 4.02. The summed E-state index contributed by atoms with van der Waals surface area (Å²) in [5.41, 5.74) is 8.31. The summed E-state index contributed by atoms with van der Waals surface area (Å²) in [4.78, 5) is 0. The zero-order chi connectivity index (χ0) is 12.9. The van der Waals surface area contributed by atoms with Gasteiger partial charge < -0.3 is 15.2 Å². The van der Waals surface area contributed by atoms with Crippen molar-refractivity contribution >= 4 is 0 Å². The maximum absolute atomic E-state index is 6.40. The van der Waals surface area contributed by atoms with Crippen molar-refractivity contribution in [2.45, 2.75) is 49.5 Å². The fraction of sp³-hybridized carbons (Fsp3) is 0.625. The quantitative estimate of drug-likeness (QED) is 0.843. The Morgan fingerprint density at radius 2 is 1.47 bits per heavy atom. The maximum atomic E-state index is 6.40. The van der Waals surface area contributed by atoms with Gasteiger partial charge in [0.2, 0.25) is 0 Å². The van der Waals surface area contributed by atoms with E-state index in [1.165, 1.54) is 44.1 Å². The third-order valence-corrected chi connectivity index (χ3v) is 5.46. The van der Waals surface area contributed by atoms with Crippen LogP contribution in [0.4, 0.5) is 0 Å². The van der Waals surface area contributed by atoms with Crippen molar-refractivity contribution in [3.63, 3.8) is 0 Å². The molecule has 1 aromatic carbocycles. The Bertz CT molecular complexity index is 487. The molecule has 3 fully saturated rings. The van der Waals surface area contributed by atoms with Gasteiger partial charge in [0, 0.05) is 5.54 Å². The number of ether oxygens (including phenoxy) is 2. The second-order valence-electron chi connectivity index (χ2n) is 6.50. The lowest BCUT2D eigenvalue weighted by molar-refractivity contribution is 0.106. The van der Waals surface area contributed by atoms with Gasteiger partial charge in [0.1, 0.15) is 13.2 Å². The van der Waals surface area contributed by atoms with Crippen molar-refractivity contribution < 1.29 is 9.47 Å². The lowest BCUT2D eigenvalue weighted by atomic mass is 9.55. The Morgan fingerprint density at radius 3 is 2.16 bits per heavy atom. The molecule has 3 aliphatic carbocycles. The Labute approximate surface area is 114 Å². The van der Waals surface area contributed by atoms with E-state index in [1.54, 1.807) is 0 Å². The van der Waals surface area contributed by atoms with E-state index in [4.69, 9.17) is 15.2 Å². The largest absolute Gasteiger partial charge is 0.486 e. The van der Waals surface area contributed by atoms with Gasteiger partial charge in [-0.2, -0.15) is 0 Å². The molecule has 0 aromatic heterocycles. The highest BCUT2D eigenvalue weighted by Crippen LogP contribution is 2.53. The van der Waals surface area contributed by atoms with Gasteiger partial charge in [-0.3, -0.25) is 0 Å². The Kier molecular flexibility index (Phi) is 2.37. The van der Waals surface area contributed by atoms with Crippen molar-refractivity contribution in [3.8, 4) is 11.5 Å². The normalized spacial score (nSPS) is 36.3. The number of benzene rings is 1. The predicted molar refractivity (Wildman–Crippen MR) is 73.7 cm³/mol. The molecule has 1 heterocycles. The molecule has 102 valence electrons. The lowest BCUT2D eigenvalue weighted by Gasteiger charge is -2.52. The monoisotopic (exact) mass is 259 g/mol. The van der Waals surface area contributed by atoms with Crippen LogP contribution in [-0.2, 0) is 5.41 Å². The number of hydrogen-bond donors (Lipinski definition) is 1. The van der Waals surface area contributed by atoms with Crippen molar-refractivity contribution in [3.05, 3.63) is 23.8 Å². The zero-order valence-electron chi connectivity index (χ0n) is 11.3. The molecule has 2 N–H and O–H groups in total. The van der Waals surface area contributed by atoms with E-state index in [0.717, 1.165) is 11.5 Å². The van der Waals surface area contributed by atoms with Crippen LogP contribution in [-0.4, -0.2) is 18.8 Å². The van der Waals surface area contributed by atoms with E-state index in [-0.39, 0.29) is 5.54 Å². The molecule has 0 unspecified atom stereocenters. The average molecular weight is 259 g/mol. The molecule has 1 aromatic rings. The highest BCUT2D eigenvalue weighted by atomic mass is 16.6. The molecule has 0 amide bonds. The molecule has 2 bridgehead atoms. The first-order chi connectivity index (χ1) is 9.19. The molecular weight excluding hydrogens is 238 g/mol. The molecule has 0 spiro atoms. The van der Waals surface area contributed by atoms with Gasteiger partial charge in [-0.05, 0) is 61.6 Å². The minimum atomic E-state index is 0.134. The SMILES string of the molecule is NC12CCC(c3ccc4c(c3)OCCO4)(CC1)CC2.